The third-order valence-electron chi connectivity index (χ3n) is 3.56. The molecule has 18 heavy (non-hydrogen) atoms. The largest absolute Gasteiger partial charge is 0.348 e. The van der Waals surface area contributed by atoms with Gasteiger partial charge in [0.2, 0.25) is 5.56 Å². The molecule has 0 saturated carbocycles. The van der Waals surface area contributed by atoms with Crippen LogP contribution in [0, 0.1) is 0 Å². The van der Waals surface area contributed by atoms with E-state index in [2.05, 4.69) is 29.2 Å². The summed E-state index contributed by atoms with van der Waals surface area (Å²) in [5, 5.41) is 2.98. The Morgan fingerprint density at radius 1 is 1.50 bits per heavy atom. The van der Waals surface area contributed by atoms with Gasteiger partial charge in [-0.3, -0.25) is 9.59 Å². The Morgan fingerprint density at radius 2 is 2.28 bits per heavy atom. The minimum atomic E-state index is -0.251. The molecule has 1 saturated heterocycles. The van der Waals surface area contributed by atoms with Crippen LogP contribution >= 0.6 is 0 Å². The molecule has 1 aromatic heterocycles. The highest BCUT2D eigenvalue weighted by Gasteiger charge is 2.24. The van der Waals surface area contributed by atoms with Crippen LogP contribution in [0.1, 0.15) is 30.3 Å². The van der Waals surface area contributed by atoms with Crippen LogP contribution in [0.4, 0.5) is 0 Å². The van der Waals surface area contributed by atoms with Crippen molar-refractivity contribution in [2.75, 3.05) is 13.6 Å². The minimum absolute atomic E-state index is 0.187. The quantitative estimate of drug-likeness (QED) is 0.806. The van der Waals surface area contributed by atoms with E-state index in [1.807, 2.05) is 0 Å². The normalized spacial score (nSPS) is 24.8. The Hall–Kier alpha value is -1.62. The summed E-state index contributed by atoms with van der Waals surface area (Å²) < 4.78 is 0. The predicted octanol–water partition coefficient (Wildman–Crippen LogP) is 0.587. The summed E-state index contributed by atoms with van der Waals surface area (Å²) in [7, 11) is 2.09. The summed E-state index contributed by atoms with van der Waals surface area (Å²) in [5.41, 5.74) is 0.0773. The van der Waals surface area contributed by atoms with Crippen LogP contribution in [0.15, 0.2) is 23.0 Å². The molecule has 0 spiro atoms. The number of carbonyl (C=O) groups excluding carboxylic acids is 1. The zero-order chi connectivity index (χ0) is 13.1. The zero-order valence-corrected chi connectivity index (χ0v) is 10.8. The van der Waals surface area contributed by atoms with E-state index in [0.717, 1.165) is 19.4 Å². The summed E-state index contributed by atoms with van der Waals surface area (Å²) in [6.07, 6.45) is 1.89. The van der Waals surface area contributed by atoms with E-state index in [9.17, 15) is 9.59 Å². The van der Waals surface area contributed by atoms with Crippen molar-refractivity contribution in [3.05, 3.63) is 34.2 Å². The fourth-order valence-corrected chi connectivity index (χ4v) is 2.26. The van der Waals surface area contributed by atoms with Crippen molar-refractivity contribution in [1.29, 1.82) is 0 Å². The first kappa shape index (κ1) is 12.8. The van der Waals surface area contributed by atoms with E-state index in [0.29, 0.717) is 11.7 Å². The van der Waals surface area contributed by atoms with Gasteiger partial charge in [0.25, 0.3) is 5.91 Å². The Balaban J connectivity index is 1.98. The van der Waals surface area contributed by atoms with E-state index in [-0.39, 0.29) is 17.5 Å². The standard InChI is InChI=1S/C13H19N3O2/c1-9-8-10(6-7-16(9)2)14-13(18)11-4-3-5-12(17)15-11/h3-5,9-10H,6-8H2,1-2H3,(H,14,18)(H,15,17). The maximum atomic E-state index is 12.0. The van der Waals surface area contributed by atoms with E-state index in [1.54, 1.807) is 12.1 Å². The Labute approximate surface area is 106 Å². The van der Waals surface area contributed by atoms with Gasteiger partial charge in [-0.05, 0) is 32.9 Å². The molecule has 0 aliphatic carbocycles. The van der Waals surface area contributed by atoms with Crippen molar-refractivity contribution in [2.45, 2.75) is 31.8 Å². The number of amides is 1. The number of carbonyl (C=O) groups is 1. The van der Waals surface area contributed by atoms with Gasteiger partial charge in [-0.15, -0.1) is 0 Å². The van der Waals surface area contributed by atoms with Gasteiger partial charge in [-0.1, -0.05) is 6.07 Å². The van der Waals surface area contributed by atoms with E-state index in [1.165, 1.54) is 6.07 Å². The van der Waals surface area contributed by atoms with Crippen LogP contribution in [0.25, 0.3) is 0 Å². The molecular weight excluding hydrogens is 230 g/mol. The average Bonchev–Trinajstić information content (AvgIpc) is 2.34. The van der Waals surface area contributed by atoms with Crippen LogP contribution in [-0.4, -0.2) is 41.5 Å². The SMILES string of the molecule is CC1CC(NC(=O)c2cccc(=O)[nH]2)CCN1C. The second-order valence-electron chi connectivity index (χ2n) is 4.95. The van der Waals surface area contributed by atoms with Crippen LogP contribution in [0.5, 0.6) is 0 Å². The Morgan fingerprint density at radius 3 is 2.94 bits per heavy atom. The van der Waals surface area contributed by atoms with Crippen molar-refractivity contribution in [3.8, 4) is 0 Å². The molecule has 5 heteroatoms. The molecule has 5 nitrogen and oxygen atoms in total. The number of nitrogens with zero attached hydrogens (tertiary/aromatic N) is 1. The van der Waals surface area contributed by atoms with Crippen molar-refractivity contribution < 1.29 is 4.79 Å². The lowest BCUT2D eigenvalue weighted by Gasteiger charge is -2.35. The third kappa shape index (κ3) is 2.98. The molecule has 2 rings (SSSR count). The highest BCUT2D eigenvalue weighted by Crippen LogP contribution is 2.15. The summed E-state index contributed by atoms with van der Waals surface area (Å²) in [5.74, 6) is -0.200. The van der Waals surface area contributed by atoms with E-state index >= 15 is 0 Å². The van der Waals surface area contributed by atoms with Crippen LogP contribution in [-0.2, 0) is 0 Å². The molecule has 2 atom stereocenters. The molecule has 0 radical (unpaired) electrons. The lowest BCUT2D eigenvalue weighted by atomic mass is 9.99. The van der Waals surface area contributed by atoms with Gasteiger partial charge in [-0.25, -0.2) is 0 Å². The molecule has 1 fully saturated rings. The van der Waals surface area contributed by atoms with E-state index in [4.69, 9.17) is 0 Å². The first-order valence-electron chi connectivity index (χ1n) is 6.26. The highest BCUT2D eigenvalue weighted by atomic mass is 16.2. The molecule has 1 aromatic rings. The molecule has 0 bridgehead atoms. The molecule has 1 aliphatic heterocycles. The van der Waals surface area contributed by atoms with Crippen LogP contribution < -0.4 is 10.9 Å². The monoisotopic (exact) mass is 249 g/mol. The fourth-order valence-electron chi connectivity index (χ4n) is 2.26. The zero-order valence-electron chi connectivity index (χ0n) is 10.8. The summed E-state index contributed by atoms with van der Waals surface area (Å²) >= 11 is 0. The van der Waals surface area contributed by atoms with Crippen LogP contribution in [0.2, 0.25) is 0 Å². The van der Waals surface area contributed by atoms with Crippen molar-refractivity contribution in [3.63, 3.8) is 0 Å². The maximum absolute atomic E-state index is 12.0. The third-order valence-corrected chi connectivity index (χ3v) is 3.56. The molecule has 1 amide bonds. The number of rotatable bonds is 2. The fraction of sp³-hybridized carbons (Fsp3) is 0.538. The van der Waals surface area contributed by atoms with Gasteiger partial charge in [0.05, 0.1) is 0 Å². The molecule has 2 N–H and O–H groups in total. The number of H-pyrrole nitrogens is 1. The summed E-state index contributed by atoms with van der Waals surface area (Å²) in [6.45, 7) is 3.14. The van der Waals surface area contributed by atoms with E-state index < -0.39 is 0 Å². The number of pyridine rings is 1. The van der Waals surface area contributed by atoms with Gasteiger partial charge in [0.15, 0.2) is 0 Å². The van der Waals surface area contributed by atoms with Crippen LogP contribution in [0.3, 0.4) is 0 Å². The average molecular weight is 249 g/mol. The second kappa shape index (κ2) is 5.35. The summed E-state index contributed by atoms with van der Waals surface area (Å²) in [6, 6.07) is 5.26. The van der Waals surface area contributed by atoms with Gasteiger partial charge in [0.1, 0.15) is 5.69 Å². The lowest BCUT2D eigenvalue weighted by Crippen LogP contribution is -2.47. The molecular formula is C13H19N3O2. The Bertz CT molecular complexity index is 483. The van der Waals surface area contributed by atoms with Crippen molar-refractivity contribution in [2.24, 2.45) is 0 Å². The number of piperidine rings is 1. The van der Waals surface area contributed by atoms with Gasteiger partial charge in [-0.2, -0.15) is 0 Å². The molecule has 2 unspecified atom stereocenters. The van der Waals surface area contributed by atoms with Gasteiger partial charge in [0, 0.05) is 24.7 Å². The number of aromatic nitrogens is 1. The number of likely N-dealkylation sites (tertiary alicyclic amines) is 1. The van der Waals surface area contributed by atoms with Crippen molar-refractivity contribution in [1.82, 2.24) is 15.2 Å². The smallest absolute Gasteiger partial charge is 0.268 e. The number of nitrogens with one attached hydrogen (secondary N) is 2. The second-order valence-corrected chi connectivity index (χ2v) is 4.95. The number of aromatic amines is 1. The molecule has 1 aliphatic rings. The molecule has 0 aromatic carbocycles. The maximum Gasteiger partial charge on any atom is 0.268 e. The number of hydrogen-bond acceptors (Lipinski definition) is 3. The first-order valence-corrected chi connectivity index (χ1v) is 6.26. The molecule has 2 heterocycles. The molecule has 98 valence electrons. The predicted molar refractivity (Wildman–Crippen MR) is 69.6 cm³/mol. The van der Waals surface area contributed by atoms with Gasteiger partial charge >= 0.3 is 0 Å². The first-order chi connectivity index (χ1) is 8.56. The lowest BCUT2D eigenvalue weighted by molar-refractivity contribution is 0.0891. The Kier molecular flexibility index (Phi) is 3.81. The topological polar surface area (TPSA) is 65.2 Å². The highest BCUT2D eigenvalue weighted by molar-refractivity contribution is 5.92. The van der Waals surface area contributed by atoms with Gasteiger partial charge < -0.3 is 15.2 Å². The van der Waals surface area contributed by atoms with Crippen molar-refractivity contribution >= 4 is 5.91 Å². The number of hydrogen-bond donors (Lipinski definition) is 2. The minimum Gasteiger partial charge on any atom is -0.348 e. The summed E-state index contributed by atoms with van der Waals surface area (Å²) in [4.78, 5) is 27.9.